The molecule has 156 valence electrons. The van der Waals surface area contributed by atoms with Crippen LogP contribution in [0.3, 0.4) is 0 Å². The van der Waals surface area contributed by atoms with E-state index < -0.39 is 0 Å². The van der Waals surface area contributed by atoms with Crippen LogP contribution in [0.1, 0.15) is 19.8 Å². The standard InChI is InChI=1S/C21H23N5O2S2/c1-15(29-21-23-24-25-26(21)14-16-8-7-13-28-16)20(27)22-18-11-5-6-12-19(18)30-17-9-3-2-4-10-17/h2-6,9-12,15-16H,7-8,13-14H2,1H3,(H,22,27)/t15-,16+/m1/s1. The number of benzene rings is 2. The Morgan fingerprint density at radius 2 is 2.03 bits per heavy atom. The number of amides is 1. The van der Waals surface area contributed by atoms with Crippen molar-refractivity contribution in [3.8, 4) is 0 Å². The van der Waals surface area contributed by atoms with Gasteiger partial charge in [0.15, 0.2) is 0 Å². The van der Waals surface area contributed by atoms with Gasteiger partial charge >= 0.3 is 0 Å². The van der Waals surface area contributed by atoms with Crippen LogP contribution in [0.5, 0.6) is 0 Å². The summed E-state index contributed by atoms with van der Waals surface area (Å²) in [6.45, 7) is 3.26. The second-order valence-electron chi connectivity index (χ2n) is 6.94. The molecule has 1 amide bonds. The van der Waals surface area contributed by atoms with Crippen molar-refractivity contribution in [3.05, 3.63) is 54.6 Å². The highest BCUT2D eigenvalue weighted by Gasteiger charge is 2.22. The van der Waals surface area contributed by atoms with Crippen LogP contribution in [0, 0.1) is 0 Å². The van der Waals surface area contributed by atoms with E-state index in [2.05, 4.69) is 33.0 Å². The summed E-state index contributed by atoms with van der Waals surface area (Å²) < 4.78 is 7.39. The van der Waals surface area contributed by atoms with Gasteiger partial charge in [-0.05, 0) is 54.5 Å². The fraction of sp³-hybridized carbons (Fsp3) is 0.333. The smallest absolute Gasteiger partial charge is 0.237 e. The molecule has 0 bridgehead atoms. The van der Waals surface area contributed by atoms with Crippen LogP contribution < -0.4 is 5.32 Å². The molecule has 9 heteroatoms. The molecule has 2 heterocycles. The third-order valence-corrected chi connectivity index (χ3v) is 6.82. The van der Waals surface area contributed by atoms with Crippen molar-refractivity contribution in [2.75, 3.05) is 11.9 Å². The molecule has 0 aliphatic carbocycles. The number of carbonyl (C=O) groups excluding carboxylic acids is 1. The van der Waals surface area contributed by atoms with Crippen LogP contribution in [0.25, 0.3) is 0 Å². The molecule has 3 aromatic rings. The Morgan fingerprint density at radius 1 is 1.23 bits per heavy atom. The van der Waals surface area contributed by atoms with E-state index in [1.165, 1.54) is 11.8 Å². The number of tetrazole rings is 1. The molecule has 1 saturated heterocycles. The normalized spacial score (nSPS) is 17.0. The van der Waals surface area contributed by atoms with Crippen molar-refractivity contribution in [3.63, 3.8) is 0 Å². The van der Waals surface area contributed by atoms with Crippen LogP contribution >= 0.6 is 23.5 Å². The fourth-order valence-electron chi connectivity index (χ4n) is 3.10. The van der Waals surface area contributed by atoms with Gasteiger partial charge in [-0.3, -0.25) is 4.79 Å². The van der Waals surface area contributed by atoms with Crippen LogP contribution in [-0.2, 0) is 16.1 Å². The molecule has 1 aliphatic heterocycles. The number of nitrogens with zero attached hydrogens (tertiary/aromatic N) is 4. The zero-order valence-corrected chi connectivity index (χ0v) is 18.2. The maximum atomic E-state index is 12.9. The molecule has 0 radical (unpaired) electrons. The van der Waals surface area contributed by atoms with Gasteiger partial charge in [0.1, 0.15) is 0 Å². The molecule has 1 aliphatic rings. The van der Waals surface area contributed by atoms with Crippen molar-refractivity contribution < 1.29 is 9.53 Å². The van der Waals surface area contributed by atoms with Gasteiger partial charge in [0, 0.05) is 16.4 Å². The molecule has 0 spiro atoms. The molecular weight excluding hydrogens is 418 g/mol. The Labute approximate surface area is 184 Å². The van der Waals surface area contributed by atoms with Crippen molar-refractivity contribution in [1.29, 1.82) is 0 Å². The fourth-order valence-corrected chi connectivity index (χ4v) is 4.82. The summed E-state index contributed by atoms with van der Waals surface area (Å²) >= 11 is 2.97. The minimum atomic E-state index is -0.353. The number of ether oxygens (including phenoxy) is 1. The number of aromatic nitrogens is 4. The van der Waals surface area contributed by atoms with Crippen molar-refractivity contribution in [2.24, 2.45) is 0 Å². The number of rotatable bonds is 8. The second-order valence-corrected chi connectivity index (χ2v) is 9.36. The number of hydrogen-bond acceptors (Lipinski definition) is 7. The Kier molecular flexibility index (Phi) is 7.03. The van der Waals surface area contributed by atoms with Gasteiger partial charge in [-0.25, -0.2) is 4.68 Å². The lowest BCUT2D eigenvalue weighted by atomic mass is 10.2. The molecular formula is C21H23N5O2S2. The Hall–Kier alpha value is -2.36. The molecule has 0 unspecified atom stereocenters. The molecule has 2 aromatic carbocycles. The Balaban J connectivity index is 1.39. The number of para-hydroxylation sites is 1. The van der Waals surface area contributed by atoms with E-state index in [0.717, 1.165) is 34.9 Å². The van der Waals surface area contributed by atoms with Crippen LogP contribution in [0.15, 0.2) is 69.5 Å². The number of thioether (sulfide) groups is 1. The molecule has 1 fully saturated rings. The number of carbonyl (C=O) groups is 1. The van der Waals surface area contributed by atoms with E-state index in [-0.39, 0.29) is 17.3 Å². The average Bonchev–Trinajstić information content (AvgIpc) is 3.43. The van der Waals surface area contributed by atoms with Crippen molar-refractivity contribution in [2.45, 2.75) is 52.6 Å². The first-order chi connectivity index (χ1) is 14.7. The lowest BCUT2D eigenvalue weighted by Gasteiger charge is -2.15. The van der Waals surface area contributed by atoms with Gasteiger partial charge in [-0.1, -0.05) is 53.9 Å². The lowest BCUT2D eigenvalue weighted by molar-refractivity contribution is -0.115. The largest absolute Gasteiger partial charge is 0.376 e. The monoisotopic (exact) mass is 441 g/mol. The average molecular weight is 442 g/mol. The van der Waals surface area contributed by atoms with Crippen molar-refractivity contribution in [1.82, 2.24) is 20.2 Å². The van der Waals surface area contributed by atoms with Gasteiger partial charge < -0.3 is 10.1 Å². The van der Waals surface area contributed by atoms with Gasteiger partial charge in [0.2, 0.25) is 11.1 Å². The number of anilines is 1. The summed E-state index contributed by atoms with van der Waals surface area (Å²) in [5, 5.41) is 15.2. The molecule has 7 nitrogen and oxygen atoms in total. The van der Waals surface area contributed by atoms with Crippen LogP contribution in [-0.4, -0.2) is 44.1 Å². The van der Waals surface area contributed by atoms with Gasteiger partial charge in [-0.2, -0.15) is 0 Å². The zero-order valence-electron chi connectivity index (χ0n) is 16.6. The molecule has 1 aromatic heterocycles. The first-order valence-corrected chi connectivity index (χ1v) is 11.6. The Morgan fingerprint density at radius 3 is 2.83 bits per heavy atom. The first kappa shape index (κ1) is 20.9. The van der Waals surface area contributed by atoms with E-state index in [1.807, 2.05) is 49.4 Å². The predicted octanol–water partition coefficient (Wildman–Crippen LogP) is 4.12. The third kappa shape index (κ3) is 5.41. The number of hydrogen-bond donors (Lipinski definition) is 1. The van der Waals surface area contributed by atoms with E-state index in [9.17, 15) is 4.79 Å². The highest BCUT2D eigenvalue weighted by Crippen LogP contribution is 2.33. The zero-order chi connectivity index (χ0) is 20.8. The maximum absolute atomic E-state index is 12.9. The van der Waals surface area contributed by atoms with Gasteiger partial charge in [-0.15, -0.1) is 5.10 Å². The van der Waals surface area contributed by atoms with E-state index in [4.69, 9.17) is 4.74 Å². The van der Waals surface area contributed by atoms with Crippen LogP contribution in [0.4, 0.5) is 5.69 Å². The van der Waals surface area contributed by atoms with Crippen molar-refractivity contribution >= 4 is 35.1 Å². The highest BCUT2D eigenvalue weighted by atomic mass is 32.2. The topological polar surface area (TPSA) is 81.9 Å². The minimum Gasteiger partial charge on any atom is -0.376 e. The molecule has 1 N–H and O–H groups in total. The van der Waals surface area contributed by atoms with E-state index in [0.29, 0.717) is 11.7 Å². The summed E-state index contributed by atoms with van der Waals surface area (Å²) in [5.41, 5.74) is 0.794. The second kappa shape index (κ2) is 10.1. The minimum absolute atomic E-state index is 0.0900. The molecule has 0 saturated carbocycles. The summed E-state index contributed by atoms with van der Waals surface area (Å²) in [4.78, 5) is 15.0. The number of nitrogens with one attached hydrogen (secondary N) is 1. The predicted molar refractivity (Wildman–Crippen MR) is 118 cm³/mol. The summed E-state index contributed by atoms with van der Waals surface area (Å²) in [5.74, 6) is -0.0900. The lowest BCUT2D eigenvalue weighted by Crippen LogP contribution is -2.24. The molecule has 4 rings (SSSR count). The first-order valence-electron chi connectivity index (χ1n) is 9.86. The third-order valence-electron chi connectivity index (χ3n) is 4.67. The summed E-state index contributed by atoms with van der Waals surface area (Å²) in [6.07, 6.45) is 2.21. The SMILES string of the molecule is C[C@@H](Sc1nnnn1C[C@@H]1CCCO1)C(=O)Nc1ccccc1Sc1ccccc1. The van der Waals surface area contributed by atoms with E-state index in [1.54, 1.807) is 16.4 Å². The molecule has 30 heavy (non-hydrogen) atoms. The maximum Gasteiger partial charge on any atom is 0.237 e. The van der Waals surface area contributed by atoms with E-state index >= 15 is 0 Å². The quantitative estimate of drug-likeness (QED) is 0.527. The molecule has 2 atom stereocenters. The van der Waals surface area contributed by atoms with Gasteiger partial charge in [0.05, 0.1) is 23.6 Å². The highest BCUT2D eigenvalue weighted by molar-refractivity contribution is 8.00. The summed E-state index contributed by atoms with van der Waals surface area (Å²) in [6, 6.07) is 17.9. The summed E-state index contributed by atoms with van der Waals surface area (Å²) in [7, 11) is 0. The Bertz CT molecular complexity index is 976. The van der Waals surface area contributed by atoms with Crippen LogP contribution in [0.2, 0.25) is 0 Å². The van der Waals surface area contributed by atoms with Gasteiger partial charge in [0.25, 0.3) is 0 Å².